The Balaban J connectivity index is 2.96. The molecule has 0 unspecified atom stereocenters. The third kappa shape index (κ3) is 3.90. The van der Waals surface area contributed by atoms with Crippen LogP contribution < -0.4 is 5.32 Å². The van der Waals surface area contributed by atoms with Crippen molar-refractivity contribution < 1.29 is 13.9 Å². The van der Waals surface area contributed by atoms with Gasteiger partial charge in [-0.1, -0.05) is 0 Å². The first-order chi connectivity index (χ1) is 9.65. The molecule has 0 aliphatic rings. The minimum Gasteiger partial charge on any atom is -0.383 e. The van der Waals surface area contributed by atoms with Crippen molar-refractivity contribution in [2.24, 2.45) is 0 Å². The number of anilines is 1. The highest BCUT2D eigenvalue weighted by Gasteiger charge is 2.21. The maximum atomic E-state index is 14.1. The predicted molar refractivity (Wildman–Crippen MR) is 71.8 cm³/mol. The lowest BCUT2D eigenvalue weighted by Crippen LogP contribution is -2.35. The highest BCUT2D eigenvalue weighted by molar-refractivity contribution is 5.95. The van der Waals surface area contributed by atoms with Crippen molar-refractivity contribution in [3.05, 3.63) is 23.6 Å². The summed E-state index contributed by atoms with van der Waals surface area (Å²) in [6.07, 6.45) is 1.54. The summed E-state index contributed by atoms with van der Waals surface area (Å²) in [5.41, 5.74) is -0.0709. The van der Waals surface area contributed by atoms with Crippen LogP contribution in [0.1, 0.15) is 16.8 Å². The fourth-order valence-electron chi connectivity index (χ4n) is 1.65. The zero-order valence-corrected chi connectivity index (χ0v) is 11.5. The number of rotatable bonds is 7. The van der Waals surface area contributed by atoms with Crippen LogP contribution in [0.2, 0.25) is 0 Å². The van der Waals surface area contributed by atoms with Crippen molar-refractivity contribution in [3.8, 4) is 6.07 Å². The predicted octanol–water partition coefficient (Wildman–Crippen LogP) is 1.26. The van der Waals surface area contributed by atoms with E-state index < -0.39 is 11.7 Å². The Morgan fingerprint density at radius 3 is 2.95 bits per heavy atom. The standard InChI is InChI=1S/C13H17FN4O2/c1-16-12-11(14)10(4-6-17-12)13(19)18(7-3-5-15)8-9-20-2/h4,6H,3,7-9H2,1-2H3,(H,16,17). The molecule has 108 valence electrons. The first kappa shape index (κ1) is 15.9. The maximum Gasteiger partial charge on any atom is 0.257 e. The van der Waals surface area contributed by atoms with Gasteiger partial charge in [-0.25, -0.2) is 9.37 Å². The Labute approximate surface area is 117 Å². The molecule has 6 nitrogen and oxygen atoms in total. The number of nitriles is 1. The number of methoxy groups -OCH3 is 1. The number of nitrogens with zero attached hydrogens (tertiary/aromatic N) is 3. The van der Waals surface area contributed by atoms with Crippen LogP contribution in [0.3, 0.4) is 0 Å². The molecule has 1 aromatic heterocycles. The van der Waals surface area contributed by atoms with E-state index in [1.807, 2.05) is 6.07 Å². The molecular formula is C13H17FN4O2. The highest BCUT2D eigenvalue weighted by Crippen LogP contribution is 2.16. The summed E-state index contributed by atoms with van der Waals surface area (Å²) in [5, 5.41) is 11.2. The number of carbonyl (C=O) groups excluding carboxylic acids is 1. The SMILES string of the molecule is CNc1nccc(C(=O)N(CCC#N)CCOC)c1F. The van der Waals surface area contributed by atoms with Crippen LogP contribution in [0.25, 0.3) is 0 Å². The van der Waals surface area contributed by atoms with Crippen molar-refractivity contribution in [1.29, 1.82) is 5.26 Å². The number of halogens is 1. The lowest BCUT2D eigenvalue weighted by atomic mass is 10.2. The molecule has 0 atom stereocenters. The molecule has 0 radical (unpaired) electrons. The molecule has 1 aromatic rings. The monoisotopic (exact) mass is 280 g/mol. The van der Waals surface area contributed by atoms with Crippen molar-refractivity contribution in [3.63, 3.8) is 0 Å². The average molecular weight is 280 g/mol. The summed E-state index contributed by atoms with van der Waals surface area (Å²) < 4.78 is 19.0. The molecule has 1 amide bonds. The van der Waals surface area contributed by atoms with Crippen LogP contribution in [0.5, 0.6) is 0 Å². The first-order valence-electron chi connectivity index (χ1n) is 6.13. The number of hydrogen-bond donors (Lipinski definition) is 1. The van der Waals surface area contributed by atoms with E-state index in [9.17, 15) is 9.18 Å². The summed E-state index contributed by atoms with van der Waals surface area (Å²) >= 11 is 0. The van der Waals surface area contributed by atoms with Crippen molar-refractivity contribution in [2.75, 3.05) is 39.2 Å². The molecule has 0 aromatic carbocycles. The Morgan fingerprint density at radius 2 is 2.35 bits per heavy atom. The molecule has 20 heavy (non-hydrogen) atoms. The fraction of sp³-hybridized carbons (Fsp3) is 0.462. The van der Waals surface area contributed by atoms with Crippen molar-refractivity contribution in [2.45, 2.75) is 6.42 Å². The number of ether oxygens (including phenoxy) is 1. The molecule has 1 N–H and O–H groups in total. The molecule has 0 aliphatic heterocycles. The maximum absolute atomic E-state index is 14.1. The molecule has 7 heteroatoms. The summed E-state index contributed by atoms with van der Waals surface area (Å²) in [6.45, 7) is 0.853. The van der Waals surface area contributed by atoms with Gasteiger partial charge in [0.1, 0.15) is 0 Å². The Kier molecular flexibility index (Phi) is 6.40. The van der Waals surface area contributed by atoms with Gasteiger partial charge in [0, 0.05) is 33.4 Å². The van der Waals surface area contributed by atoms with E-state index in [1.165, 1.54) is 31.3 Å². The molecule has 0 bridgehead atoms. The average Bonchev–Trinajstić information content (AvgIpc) is 2.47. The van der Waals surface area contributed by atoms with Gasteiger partial charge in [-0.2, -0.15) is 5.26 Å². The smallest absolute Gasteiger partial charge is 0.257 e. The highest BCUT2D eigenvalue weighted by atomic mass is 19.1. The van der Waals surface area contributed by atoms with Gasteiger partial charge in [0.25, 0.3) is 5.91 Å². The molecule has 0 spiro atoms. The van der Waals surface area contributed by atoms with E-state index in [-0.39, 0.29) is 24.3 Å². The quantitative estimate of drug-likeness (QED) is 0.813. The summed E-state index contributed by atoms with van der Waals surface area (Å²) in [7, 11) is 3.04. The number of pyridine rings is 1. The second-order valence-corrected chi connectivity index (χ2v) is 3.96. The van der Waals surface area contributed by atoms with E-state index in [0.29, 0.717) is 13.2 Å². The fourth-order valence-corrected chi connectivity index (χ4v) is 1.65. The molecule has 0 aliphatic carbocycles. The molecule has 0 saturated carbocycles. The zero-order chi connectivity index (χ0) is 15.0. The van der Waals surface area contributed by atoms with Gasteiger partial charge in [-0.15, -0.1) is 0 Å². The first-order valence-corrected chi connectivity index (χ1v) is 6.13. The lowest BCUT2D eigenvalue weighted by molar-refractivity contribution is 0.0695. The van der Waals surface area contributed by atoms with Crippen LogP contribution in [-0.4, -0.2) is 49.6 Å². The van der Waals surface area contributed by atoms with Gasteiger partial charge >= 0.3 is 0 Å². The summed E-state index contributed by atoms with van der Waals surface area (Å²) in [5.74, 6) is -1.16. The Bertz CT molecular complexity index is 502. The van der Waals surface area contributed by atoms with Crippen LogP contribution in [0.4, 0.5) is 10.2 Å². The number of aromatic nitrogens is 1. The number of nitrogens with one attached hydrogen (secondary N) is 1. The zero-order valence-electron chi connectivity index (χ0n) is 11.5. The second kappa shape index (κ2) is 8.07. The minimum atomic E-state index is -0.695. The van der Waals surface area contributed by atoms with Crippen LogP contribution >= 0.6 is 0 Å². The van der Waals surface area contributed by atoms with E-state index in [1.54, 1.807) is 0 Å². The van der Waals surface area contributed by atoms with Gasteiger partial charge in [0.2, 0.25) is 0 Å². The molecule has 0 saturated heterocycles. The molecular weight excluding hydrogens is 263 g/mol. The number of carbonyl (C=O) groups is 1. The second-order valence-electron chi connectivity index (χ2n) is 3.96. The number of hydrogen-bond acceptors (Lipinski definition) is 5. The Morgan fingerprint density at radius 1 is 1.60 bits per heavy atom. The van der Waals surface area contributed by atoms with Crippen LogP contribution in [0.15, 0.2) is 12.3 Å². The topological polar surface area (TPSA) is 78.3 Å². The van der Waals surface area contributed by atoms with Crippen molar-refractivity contribution >= 4 is 11.7 Å². The van der Waals surface area contributed by atoms with E-state index in [2.05, 4.69) is 10.3 Å². The van der Waals surface area contributed by atoms with Crippen LogP contribution in [0, 0.1) is 17.1 Å². The third-order valence-corrected chi connectivity index (χ3v) is 2.70. The Hall–Kier alpha value is -2.20. The summed E-state index contributed by atoms with van der Waals surface area (Å²) in [6, 6.07) is 3.29. The van der Waals surface area contributed by atoms with Gasteiger partial charge in [0.15, 0.2) is 11.6 Å². The minimum absolute atomic E-state index is 0.0165. The van der Waals surface area contributed by atoms with Crippen LogP contribution in [-0.2, 0) is 4.74 Å². The largest absolute Gasteiger partial charge is 0.383 e. The molecule has 1 heterocycles. The number of amides is 1. The summed E-state index contributed by atoms with van der Waals surface area (Å²) in [4.78, 5) is 17.5. The lowest BCUT2D eigenvalue weighted by Gasteiger charge is -2.21. The van der Waals surface area contributed by atoms with Gasteiger partial charge in [-0.05, 0) is 6.07 Å². The van der Waals surface area contributed by atoms with Gasteiger partial charge in [-0.3, -0.25) is 4.79 Å². The normalized spacial score (nSPS) is 9.90. The van der Waals surface area contributed by atoms with Gasteiger partial charge in [0.05, 0.1) is 24.7 Å². The molecule has 1 rings (SSSR count). The third-order valence-electron chi connectivity index (χ3n) is 2.70. The van der Waals surface area contributed by atoms with E-state index in [0.717, 1.165) is 0 Å². The van der Waals surface area contributed by atoms with Crippen molar-refractivity contribution in [1.82, 2.24) is 9.88 Å². The van der Waals surface area contributed by atoms with E-state index >= 15 is 0 Å². The molecule has 0 fully saturated rings. The van der Waals surface area contributed by atoms with E-state index in [4.69, 9.17) is 10.00 Å². The van der Waals surface area contributed by atoms with Gasteiger partial charge < -0.3 is 15.0 Å².